The molecule has 0 saturated carbocycles. The fraction of sp³-hybridized carbons (Fsp3) is 0.0667. The molecule has 4 nitrogen and oxygen atoms in total. The fourth-order valence-corrected chi connectivity index (χ4v) is 2.05. The van der Waals surface area contributed by atoms with Gasteiger partial charge >= 0.3 is 0 Å². The Bertz CT molecular complexity index is 708. The highest BCUT2D eigenvalue weighted by Crippen LogP contribution is 2.23. The average Bonchev–Trinajstić information content (AvgIpc) is 2.93. The number of hydrogen-bond donors (Lipinski definition) is 1. The van der Waals surface area contributed by atoms with Crippen molar-refractivity contribution in [3.63, 3.8) is 0 Å². The third kappa shape index (κ3) is 2.19. The monoisotopic (exact) mass is 269 g/mol. The Kier molecular flexibility index (Phi) is 3.26. The molecular formula is C15H12FN3O. The molecule has 0 radical (unpaired) electrons. The highest BCUT2D eigenvalue weighted by Gasteiger charge is 2.14. The number of hydrogen-bond acceptors (Lipinski definition) is 3. The van der Waals surface area contributed by atoms with Crippen LogP contribution in [0, 0.1) is 5.82 Å². The van der Waals surface area contributed by atoms with Crippen LogP contribution in [-0.4, -0.2) is 19.9 Å². The molecule has 0 saturated heterocycles. The van der Waals surface area contributed by atoms with Crippen molar-refractivity contribution in [2.24, 2.45) is 0 Å². The van der Waals surface area contributed by atoms with E-state index >= 15 is 0 Å². The number of rotatable bonds is 3. The Morgan fingerprint density at radius 3 is 2.30 bits per heavy atom. The third-order valence-electron chi connectivity index (χ3n) is 2.99. The van der Waals surface area contributed by atoms with Crippen molar-refractivity contribution in [2.45, 2.75) is 6.61 Å². The van der Waals surface area contributed by atoms with E-state index in [1.54, 1.807) is 16.7 Å². The summed E-state index contributed by atoms with van der Waals surface area (Å²) in [5, 5.41) is 17.5. The Morgan fingerprint density at radius 2 is 1.65 bits per heavy atom. The summed E-state index contributed by atoms with van der Waals surface area (Å²) >= 11 is 0. The minimum Gasteiger partial charge on any atom is -0.388 e. The SMILES string of the molecule is OCc1nnc(-c2ccc(F)cc2)n1-c1ccccc1. The number of nitrogens with zero attached hydrogens (tertiary/aromatic N) is 3. The van der Waals surface area contributed by atoms with Gasteiger partial charge in [-0.15, -0.1) is 10.2 Å². The summed E-state index contributed by atoms with van der Waals surface area (Å²) in [7, 11) is 0. The lowest BCUT2D eigenvalue weighted by Gasteiger charge is -2.09. The predicted molar refractivity (Wildman–Crippen MR) is 72.7 cm³/mol. The smallest absolute Gasteiger partial charge is 0.168 e. The highest BCUT2D eigenvalue weighted by molar-refractivity contribution is 5.58. The van der Waals surface area contributed by atoms with Gasteiger partial charge in [0.1, 0.15) is 12.4 Å². The quantitative estimate of drug-likeness (QED) is 0.795. The van der Waals surface area contributed by atoms with E-state index < -0.39 is 0 Å². The maximum Gasteiger partial charge on any atom is 0.168 e. The zero-order valence-electron chi connectivity index (χ0n) is 10.6. The summed E-state index contributed by atoms with van der Waals surface area (Å²) in [5.41, 5.74) is 1.59. The molecule has 0 aliphatic heterocycles. The second kappa shape index (κ2) is 5.22. The third-order valence-corrected chi connectivity index (χ3v) is 2.99. The Morgan fingerprint density at radius 1 is 0.950 bits per heavy atom. The maximum atomic E-state index is 13.0. The van der Waals surface area contributed by atoms with Crippen molar-refractivity contribution < 1.29 is 9.50 Å². The zero-order chi connectivity index (χ0) is 13.9. The molecule has 5 heteroatoms. The van der Waals surface area contributed by atoms with Crippen molar-refractivity contribution in [2.75, 3.05) is 0 Å². The number of aliphatic hydroxyl groups is 1. The first-order valence-corrected chi connectivity index (χ1v) is 6.16. The van der Waals surface area contributed by atoms with E-state index in [0.717, 1.165) is 11.3 Å². The molecule has 3 aromatic rings. The van der Waals surface area contributed by atoms with Crippen LogP contribution in [0.2, 0.25) is 0 Å². The average molecular weight is 269 g/mol. The topological polar surface area (TPSA) is 50.9 Å². The molecule has 0 atom stereocenters. The van der Waals surface area contributed by atoms with Gasteiger partial charge in [-0.05, 0) is 36.4 Å². The number of para-hydroxylation sites is 1. The molecule has 20 heavy (non-hydrogen) atoms. The van der Waals surface area contributed by atoms with Crippen LogP contribution in [0.5, 0.6) is 0 Å². The van der Waals surface area contributed by atoms with E-state index in [2.05, 4.69) is 10.2 Å². The van der Waals surface area contributed by atoms with Gasteiger partial charge in [0.05, 0.1) is 0 Å². The van der Waals surface area contributed by atoms with Gasteiger partial charge in [-0.25, -0.2) is 4.39 Å². The molecule has 0 fully saturated rings. The highest BCUT2D eigenvalue weighted by atomic mass is 19.1. The van der Waals surface area contributed by atoms with Crippen molar-refractivity contribution in [3.8, 4) is 17.1 Å². The lowest BCUT2D eigenvalue weighted by Crippen LogP contribution is -2.03. The normalized spacial score (nSPS) is 10.7. The van der Waals surface area contributed by atoms with Gasteiger partial charge in [-0.1, -0.05) is 18.2 Å². The van der Waals surface area contributed by atoms with Gasteiger partial charge in [0.15, 0.2) is 11.6 Å². The molecule has 0 spiro atoms. The first-order valence-electron chi connectivity index (χ1n) is 6.16. The summed E-state index contributed by atoms with van der Waals surface area (Å²) in [6.45, 7) is -0.219. The molecule has 1 heterocycles. The van der Waals surface area contributed by atoms with Crippen molar-refractivity contribution in [1.29, 1.82) is 0 Å². The van der Waals surface area contributed by atoms with E-state index in [1.165, 1.54) is 12.1 Å². The number of aliphatic hydroxyl groups excluding tert-OH is 1. The van der Waals surface area contributed by atoms with E-state index in [9.17, 15) is 9.50 Å². The summed E-state index contributed by atoms with van der Waals surface area (Å²) < 4.78 is 14.8. The van der Waals surface area contributed by atoms with Crippen LogP contribution in [0.15, 0.2) is 54.6 Å². The predicted octanol–water partition coefficient (Wildman–Crippen LogP) is 2.57. The molecule has 0 bridgehead atoms. The van der Waals surface area contributed by atoms with Gasteiger partial charge in [-0.2, -0.15) is 0 Å². The molecule has 1 aromatic heterocycles. The van der Waals surface area contributed by atoms with Gasteiger partial charge in [0.2, 0.25) is 0 Å². The first kappa shape index (κ1) is 12.5. The fourth-order valence-electron chi connectivity index (χ4n) is 2.05. The molecule has 0 amide bonds. The summed E-state index contributed by atoms with van der Waals surface area (Å²) in [6.07, 6.45) is 0. The molecule has 100 valence electrons. The first-order chi connectivity index (χ1) is 9.79. The van der Waals surface area contributed by atoms with Crippen LogP contribution < -0.4 is 0 Å². The Hall–Kier alpha value is -2.53. The molecule has 0 unspecified atom stereocenters. The van der Waals surface area contributed by atoms with Crippen LogP contribution >= 0.6 is 0 Å². The summed E-state index contributed by atoms with van der Waals surface area (Å²) in [4.78, 5) is 0. The minimum absolute atomic E-state index is 0.219. The van der Waals surface area contributed by atoms with Crippen molar-refractivity contribution in [1.82, 2.24) is 14.8 Å². The lowest BCUT2D eigenvalue weighted by atomic mass is 10.2. The van der Waals surface area contributed by atoms with Gasteiger partial charge in [0.25, 0.3) is 0 Å². The summed E-state index contributed by atoms with van der Waals surface area (Å²) in [6, 6.07) is 15.5. The van der Waals surface area contributed by atoms with Crippen LogP contribution in [-0.2, 0) is 6.61 Å². The number of benzene rings is 2. The standard InChI is InChI=1S/C15H12FN3O/c16-12-8-6-11(7-9-12)15-18-17-14(10-20)19(15)13-4-2-1-3-5-13/h1-9,20H,10H2. The molecule has 3 rings (SSSR count). The van der Waals surface area contributed by atoms with E-state index in [1.807, 2.05) is 30.3 Å². The second-order valence-electron chi connectivity index (χ2n) is 4.28. The van der Waals surface area contributed by atoms with E-state index in [4.69, 9.17) is 0 Å². The van der Waals surface area contributed by atoms with Crippen LogP contribution in [0.4, 0.5) is 4.39 Å². The largest absolute Gasteiger partial charge is 0.388 e. The number of aromatic nitrogens is 3. The van der Waals surface area contributed by atoms with Gasteiger partial charge < -0.3 is 5.11 Å². The van der Waals surface area contributed by atoms with Crippen LogP contribution in [0.1, 0.15) is 5.82 Å². The minimum atomic E-state index is -0.304. The lowest BCUT2D eigenvalue weighted by molar-refractivity contribution is 0.269. The Balaban J connectivity index is 2.17. The van der Waals surface area contributed by atoms with Gasteiger partial charge in [-0.3, -0.25) is 4.57 Å². The molecule has 2 aromatic carbocycles. The molecule has 0 aliphatic carbocycles. The van der Waals surface area contributed by atoms with Crippen molar-refractivity contribution >= 4 is 0 Å². The zero-order valence-corrected chi connectivity index (χ0v) is 10.6. The maximum absolute atomic E-state index is 13.0. The molecule has 0 aliphatic rings. The van der Waals surface area contributed by atoms with Crippen molar-refractivity contribution in [3.05, 3.63) is 66.2 Å². The molecular weight excluding hydrogens is 257 g/mol. The Labute approximate surface area is 115 Å². The second-order valence-corrected chi connectivity index (χ2v) is 4.28. The summed E-state index contributed by atoms with van der Waals surface area (Å²) in [5.74, 6) is 0.706. The molecule has 1 N–H and O–H groups in total. The van der Waals surface area contributed by atoms with Gasteiger partial charge in [0, 0.05) is 11.3 Å². The van der Waals surface area contributed by atoms with E-state index in [0.29, 0.717) is 11.6 Å². The van der Waals surface area contributed by atoms with Crippen LogP contribution in [0.3, 0.4) is 0 Å². The van der Waals surface area contributed by atoms with Crippen LogP contribution in [0.25, 0.3) is 17.1 Å². The number of halogens is 1. The van der Waals surface area contributed by atoms with E-state index in [-0.39, 0.29) is 12.4 Å².